The van der Waals surface area contributed by atoms with Crippen LogP contribution in [-0.2, 0) is 9.05 Å². The molecule has 1 rings (SSSR count). The molecule has 0 saturated carbocycles. The first-order chi connectivity index (χ1) is 5.96. The average Bonchev–Trinajstić information content (AvgIpc) is 2.02. The second kappa shape index (κ2) is 3.81. The Labute approximate surface area is 88.4 Å². The molecule has 1 aromatic rings. The Morgan fingerprint density at radius 3 is 2.62 bits per heavy atom. The standard InChI is InChI=1S/C6H5BrClNO3S/c1-12-5-4(7)2-3-9-6(5)13(8,10)11/h2-3H,1H3. The molecule has 72 valence electrons. The molecule has 1 heterocycles. The summed E-state index contributed by atoms with van der Waals surface area (Å²) in [7, 11) is 2.60. The predicted molar refractivity (Wildman–Crippen MR) is 51.5 cm³/mol. The lowest BCUT2D eigenvalue weighted by Gasteiger charge is -2.05. The van der Waals surface area contributed by atoms with Gasteiger partial charge in [-0.2, -0.15) is 0 Å². The summed E-state index contributed by atoms with van der Waals surface area (Å²) < 4.78 is 27.3. The highest BCUT2D eigenvalue weighted by atomic mass is 79.9. The molecular formula is C6H5BrClNO3S. The Morgan fingerprint density at radius 1 is 1.62 bits per heavy atom. The summed E-state index contributed by atoms with van der Waals surface area (Å²) in [5.41, 5.74) is 0. The van der Waals surface area contributed by atoms with Gasteiger partial charge >= 0.3 is 0 Å². The second-order valence-electron chi connectivity index (χ2n) is 2.07. The summed E-state index contributed by atoms with van der Waals surface area (Å²) >= 11 is 3.11. The number of ether oxygens (including phenoxy) is 1. The molecule has 1 aromatic heterocycles. The van der Waals surface area contributed by atoms with Gasteiger partial charge < -0.3 is 4.74 Å². The molecule has 0 aliphatic carbocycles. The van der Waals surface area contributed by atoms with Gasteiger partial charge in [-0.05, 0) is 22.0 Å². The van der Waals surface area contributed by atoms with Gasteiger partial charge in [0.1, 0.15) is 0 Å². The lowest BCUT2D eigenvalue weighted by atomic mass is 10.5. The van der Waals surface area contributed by atoms with E-state index in [0.717, 1.165) is 0 Å². The molecule has 0 unspecified atom stereocenters. The third-order valence-electron chi connectivity index (χ3n) is 1.26. The van der Waals surface area contributed by atoms with E-state index in [0.29, 0.717) is 4.47 Å². The van der Waals surface area contributed by atoms with Crippen molar-refractivity contribution < 1.29 is 13.2 Å². The van der Waals surface area contributed by atoms with Crippen molar-refractivity contribution in [3.63, 3.8) is 0 Å². The maximum atomic E-state index is 11.0. The first-order valence-corrected chi connectivity index (χ1v) is 6.20. The molecule has 4 nitrogen and oxygen atoms in total. The fraction of sp³-hybridized carbons (Fsp3) is 0.167. The van der Waals surface area contributed by atoms with Crippen molar-refractivity contribution in [2.75, 3.05) is 7.11 Å². The van der Waals surface area contributed by atoms with Gasteiger partial charge in [0, 0.05) is 16.9 Å². The number of aromatic nitrogens is 1. The van der Waals surface area contributed by atoms with Gasteiger partial charge in [-0.1, -0.05) is 0 Å². The molecule has 0 radical (unpaired) electrons. The van der Waals surface area contributed by atoms with Crippen molar-refractivity contribution in [1.82, 2.24) is 4.98 Å². The van der Waals surface area contributed by atoms with Gasteiger partial charge in [-0.3, -0.25) is 0 Å². The zero-order chi connectivity index (χ0) is 10.1. The largest absolute Gasteiger partial charge is 0.492 e. The SMILES string of the molecule is COc1c(Br)ccnc1S(=O)(=O)Cl. The van der Waals surface area contributed by atoms with E-state index in [2.05, 4.69) is 20.9 Å². The molecule has 0 aromatic carbocycles. The molecule has 0 atom stereocenters. The molecular weight excluding hydrogens is 281 g/mol. The highest BCUT2D eigenvalue weighted by Crippen LogP contribution is 2.31. The molecule has 0 spiro atoms. The van der Waals surface area contributed by atoms with Gasteiger partial charge in [-0.25, -0.2) is 13.4 Å². The van der Waals surface area contributed by atoms with Crippen LogP contribution in [0.3, 0.4) is 0 Å². The van der Waals surface area contributed by atoms with Crippen molar-refractivity contribution in [1.29, 1.82) is 0 Å². The van der Waals surface area contributed by atoms with E-state index < -0.39 is 9.05 Å². The van der Waals surface area contributed by atoms with Crippen LogP contribution in [0.15, 0.2) is 21.8 Å². The van der Waals surface area contributed by atoms with Crippen LogP contribution in [0.4, 0.5) is 0 Å². The zero-order valence-electron chi connectivity index (χ0n) is 6.49. The van der Waals surface area contributed by atoms with Crippen LogP contribution in [0, 0.1) is 0 Å². The number of rotatable bonds is 2. The molecule has 0 amide bonds. The van der Waals surface area contributed by atoms with E-state index in [1.807, 2.05) is 0 Å². The summed E-state index contributed by atoms with van der Waals surface area (Å²) in [5, 5.41) is -0.286. The fourth-order valence-corrected chi connectivity index (χ4v) is 2.30. The van der Waals surface area contributed by atoms with Gasteiger partial charge in [-0.15, -0.1) is 0 Å². The molecule has 0 aliphatic rings. The van der Waals surface area contributed by atoms with Gasteiger partial charge in [0.15, 0.2) is 5.75 Å². The molecule has 0 bridgehead atoms. The minimum Gasteiger partial charge on any atom is -0.492 e. The van der Waals surface area contributed by atoms with Gasteiger partial charge in [0.25, 0.3) is 9.05 Å². The molecule has 0 fully saturated rings. The van der Waals surface area contributed by atoms with Gasteiger partial charge in [0.2, 0.25) is 5.03 Å². The third kappa shape index (κ3) is 2.32. The zero-order valence-corrected chi connectivity index (χ0v) is 9.65. The van der Waals surface area contributed by atoms with Crippen LogP contribution in [0.25, 0.3) is 0 Å². The van der Waals surface area contributed by atoms with E-state index in [-0.39, 0.29) is 10.8 Å². The van der Waals surface area contributed by atoms with Crippen LogP contribution in [0.5, 0.6) is 5.75 Å². The van der Waals surface area contributed by atoms with E-state index in [4.69, 9.17) is 15.4 Å². The summed E-state index contributed by atoms with van der Waals surface area (Å²) in [5.74, 6) is 0.109. The van der Waals surface area contributed by atoms with E-state index in [1.165, 1.54) is 13.3 Å². The van der Waals surface area contributed by atoms with Crippen LogP contribution in [-0.4, -0.2) is 20.5 Å². The number of nitrogens with zero attached hydrogens (tertiary/aromatic N) is 1. The third-order valence-corrected chi connectivity index (χ3v) is 3.07. The normalized spacial score (nSPS) is 11.3. The Hall–Kier alpha value is -0.330. The topological polar surface area (TPSA) is 56.3 Å². The highest BCUT2D eigenvalue weighted by Gasteiger charge is 2.20. The fourth-order valence-electron chi connectivity index (χ4n) is 0.765. The Kier molecular flexibility index (Phi) is 3.15. The van der Waals surface area contributed by atoms with Crippen LogP contribution >= 0.6 is 26.6 Å². The Balaban J connectivity index is 3.47. The highest BCUT2D eigenvalue weighted by molar-refractivity contribution is 9.10. The van der Waals surface area contributed by atoms with Crippen LogP contribution in [0.1, 0.15) is 0 Å². The number of hydrogen-bond acceptors (Lipinski definition) is 4. The van der Waals surface area contributed by atoms with Crippen LogP contribution in [0.2, 0.25) is 0 Å². The second-order valence-corrected chi connectivity index (χ2v) is 5.40. The number of pyridine rings is 1. The smallest absolute Gasteiger partial charge is 0.282 e. The van der Waals surface area contributed by atoms with E-state index >= 15 is 0 Å². The Morgan fingerprint density at radius 2 is 2.23 bits per heavy atom. The summed E-state index contributed by atoms with van der Waals surface area (Å²) in [4.78, 5) is 3.61. The van der Waals surface area contributed by atoms with Crippen LogP contribution < -0.4 is 4.74 Å². The lowest BCUT2D eigenvalue weighted by Crippen LogP contribution is -1.99. The monoisotopic (exact) mass is 285 g/mol. The first kappa shape index (κ1) is 10.7. The summed E-state index contributed by atoms with van der Waals surface area (Å²) in [6, 6.07) is 1.56. The predicted octanol–water partition coefficient (Wildman–Crippen LogP) is 1.78. The molecule has 0 saturated heterocycles. The van der Waals surface area contributed by atoms with Crippen molar-refractivity contribution in [2.45, 2.75) is 5.03 Å². The minimum atomic E-state index is -3.86. The van der Waals surface area contributed by atoms with Crippen molar-refractivity contribution in [3.05, 3.63) is 16.7 Å². The molecule has 0 N–H and O–H groups in total. The van der Waals surface area contributed by atoms with E-state index in [9.17, 15) is 8.42 Å². The lowest BCUT2D eigenvalue weighted by molar-refractivity contribution is 0.396. The maximum absolute atomic E-state index is 11.0. The number of hydrogen-bond donors (Lipinski definition) is 0. The van der Waals surface area contributed by atoms with Crippen molar-refractivity contribution >= 4 is 35.7 Å². The van der Waals surface area contributed by atoms with E-state index in [1.54, 1.807) is 6.07 Å². The van der Waals surface area contributed by atoms with Crippen molar-refractivity contribution in [2.24, 2.45) is 0 Å². The first-order valence-electron chi connectivity index (χ1n) is 3.10. The average molecular weight is 287 g/mol. The summed E-state index contributed by atoms with van der Waals surface area (Å²) in [6.45, 7) is 0. The molecule has 13 heavy (non-hydrogen) atoms. The Bertz CT molecular complexity index is 420. The maximum Gasteiger partial charge on any atom is 0.282 e. The van der Waals surface area contributed by atoms with Gasteiger partial charge in [0.05, 0.1) is 11.6 Å². The van der Waals surface area contributed by atoms with Crippen molar-refractivity contribution in [3.8, 4) is 5.75 Å². The number of halogens is 2. The minimum absolute atomic E-state index is 0.109. The summed E-state index contributed by atoms with van der Waals surface area (Å²) in [6.07, 6.45) is 1.32. The molecule has 7 heteroatoms. The quantitative estimate of drug-likeness (QED) is 0.778. The molecule has 0 aliphatic heterocycles. The number of methoxy groups -OCH3 is 1.